The van der Waals surface area contributed by atoms with Crippen LogP contribution in [0.15, 0.2) is 0 Å². The summed E-state index contributed by atoms with van der Waals surface area (Å²) in [5.74, 6) is -0.531. The van der Waals surface area contributed by atoms with Crippen molar-refractivity contribution < 1.29 is 17.0 Å². The molecule has 0 N–H and O–H groups in total. The van der Waals surface area contributed by atoms with E-state index in [2.05, 4.69) is 0 Å². The van der Waals surface area contributed by atoms with Gasteiger partial charge in [0.25, 0.3) is 0 Å². The van der Waals surface area contributed by atoms with E-state index in [9.17, 15) is 12.3 Å². The van der Waals surface area contributed by atoms with Crippen molar-refractivity contribution in [1.29, 1.82) is 0 Å². The van der Waals surface area contributed by atoms with E-state index in [0.717, 1.165) is 12.8 Å². The molecule has 68 valence electrons. The Kier molecular flexibility index (Phi) is 5.41. The molecule has 11 heavy (non-hydrogen) atoms. The fourth-order valence-electron chi connectivity index (χ4n) is 0.507. The molecular formula is C6H13FO3S. The molecule has 0 amide bonds. The highest BCUT2D eigenvalue weighted by Crippen LogP contribution is 1.92. The van der Waals surface area contributed by atoms with E-state index in [4.69, 9.17) is 4.74 Å². The third-order valence-electron chi connectivity index (χ3n) is 1.11. The van der Waals surface area contributed by atoms with E-state index in [1.54, 1.807) is 0 Å². The Morgan fingerprint density at radius 3 is 2.45 bits per heavy atom. The molecule has 0 unspecified atom stereocenters. The predicted molar refractivity (Wildman–Crippen MR) is 40.6 cm³/mol. The van der Waals surface area contributed by atoms with Crippen LogP contribution in [0.4, 0.5) is 3.89 Å². The van der Waals surface area contributed by atoms with E-state index in [1.807, 2.05) is 6.92 Å². The van der Waals surface area contributed by atoms with Crippen molar-refractivity contribution in [3.8, 4) is 0 Å². The topological polar surface area (TPSA) is 43.4 Å². The van der Waals surface area contributed by atoms with Gasteiger partial charge >= 0.3 is 10.2 Å². The summed E-state index contributed by atoms with van der Waals surface area (Å²) in [5, 5.41) is 0. The number of halogens is 1. The van der Waals surface area contributed by atoms with Crippen molar-refractivity contribution in [3.05, 3.63) is 0 Å². The average Bonchev–Trinajstić information content (AvgIpc) is 1.85. The minimum Gasteiger partial charge on any atom is -0.380 e. The van der Waals surface area contributed by atoms with Gasteiger partial charge in [-0.2, -0.15) is 8.42 Å². The summed E-state index contributed by atoms with van der Waals surface area (Å²) in [7, 11) is -4.34. The molecule has 0 bridgehead atoms. The average molecular weight is 184 g/mol. The Bertz CT molecular complexity index is 176. The summed E-state index contributed by atoms with van der Waals surface area (Å²) in [5.41, 5.74) is 0. The highest BCUT2D eigenvalue weighted by atomic mass is 32.3. The first-order chi connectivity index (χ1) is 5.06. The SMILES string of the molecule is CCCCOCCS(=O)(=O)F. The number of ether oxygens (including phenoxy) is 1. The van der Waals surface area contributed by atoms with E-state index < -0.39 is 16.0 Å². The molecule has 0 radical (unpaired) electrons. The van der Waals surface area contributed by atoms with Gasteiger partial charge in [0.05, 0.1) is 6.61 Å². The summed E-state index contributed by atoms with van der Waals surface area (Å²) in [6, 6.07) is 0. The second-order valence-electron chi connectivity index (χ2n) is 2.21. The van der Waals surface area contributed by atoms with E-state index in [1.165, 1.54) is 0 Å². The normalized spacial score (nSPS) is 11.8. The molecular weight excluding hydrogens is 171 g/mol. The second-order valence-corrected chi connectivity index (χ2v) is 3.69. The molecule has 0 saturated carbocycles. The molecule has 0 heterocycles. The number of hydrogen-bond donors (Lipinski definition) is 0. The summed E-state index contributed by atoms with van der Waals surface area (Å²) >= 11 is 0. The lowest BCUT2D eigenvalue weighted by molar-refractivity contribution is 0.145. The van der Waals surface area contributed by atoms with Crippen LogP contribution >= 0.6 is 0 Å². The second kappa shape index (κ2) is 5.49. The quantitative estimate of drug-likeness (QED) is 0.458. The zero-order valence-electron chi connectivity index (χ0n) is 6.55. The molecule has 0 rings (SSSR count). The van der Waals surface area contributed by atoms with Gasteiger partial charge in [0.1, 0.15) is 5.75 Å². The molecule has 5 heteroatoms. The summed E-state index contributed by atoms with van der Waals surface area (Å²) in [6.45, 7) is 2.46. The lowest BCUT2D eigenvalue weighted by atomic mass is 10.4. The molecule has 0 aliphatic carbocycles. The van der Waals surface area contributed by atoms with Gasteiger partial charge in [-0.1, -0.05) is 13.3 Å². The molecule has 0 spiro atoms. The summed E-state index contributed by atoms with van der Waals surface area (Å²) in [4.78, 5) is 0. The van der Waals surface area contributed by atoms with Gasteiger partial charge in [-0.3, -0.25) is 0 Å². The van der Waals surface area contributed by atoms with Crippen LogP contribution in [0.1, 0.15) is 19.8 Å². The van der Waals surface area contributed by atoms with Crippen molar-refractivity contribution in [2.45, 2.75) is 19.8 Å². The van der Waals surface area contributed by atoms with Crippen LogP contribution in [0.2, 0.25) is 0 Å². The predicted octanol–water partition coefficient (Wildman–Crippen LogP) is 1.10. The van der Waals surface area contributed by atoms with Crippen LogP contribution in [0.3, 0.4) is 0 Å². The van der Waals surface area contributed by atoms with Crippen LogP contribution < -0.4 is 0 Å². The largest absolute Gasteiger partial charge is 0.380 e. The van der Waals surface area contributed by atoms with E-state index >= 15 is 0 Å². The van der Waals surface area contributed by atoms with Crippen LogP contribution in [-0.4, -0.2) is 27.4 Å². The van der Waals surface area contributed by atoms with Crippen molar-refractivity contribution >= 4 is 10.2 Å². The van der Waals surface area contributed by atoms with Crippen molar-refractivity contribution in [2.75, 3.05) is 19.0 Å². The standard InChI is InChI=1S/C6H13FO3S/c1-2-3-4-10-5-6-11(7,8)9/h2-6H2,1H3. The van der Waals surface area contributed by atoms with E-state index in [0.29, 0.717) is 6.61 Å². The van der Waals surface area contributed by atoms with Crippen molar-refractivity contribution in [1.82, 2.24) is 0 Å². The molecule has 0 aromatic heterocycles. The third-order valence-corrected chi connectivity index (χ3v) is 1.77. The number of unbranched alkanes of at least 4 members (excludes halogenated alkanes) is 1. The van der Waals surface area contributed by atoms with Gasteiger partial charge in [-0.25, -0.2) is 0 Å². The van der Waals surface area contributed by atoms with Gasteiger partial charge in [0.15, 0.2) is 0 Å². The van der Waals surface area contributed by atoms with Gasteiger partial charge in [-0.05, 0) is 6.42 Å². The third kappa shape index (κ3) is 9.84. The van der Waals surface area contributed by atoms with Gasteiger partial charge in [0, 0.05) is 6.61 Å². The molecule has 0 fully saturated rings. The molecule has 0 aromatic rings. The first-order valence-corrected chi connectivity index (χ1v) is 5.11. The van der Waals surface area contributed by atoms with Gasteiger partial charge in [-0.15, -0.1) is 3.89 Å². The summed E-state index contributed by atoms with van der Waals surface area (Å²) in [6.07, 6.45) is 1.87. The van der Waals surface area contributed by atoms with Crippen molar-refractivity contribution in [2.24, 2.45) is 0 Å². The molecule has 3 nitrogen and oxygen atoms in total. The van der Waals surface area contributed by atoms with Crippen LogP contribution in [0.5, 0.6) is 0 Å². The molecule has 0 aliphatic heterocycles. The van der Waals surface area contributed by atoms with Gasteiger partial charge < -0.3 is 4.74 Å². The molecule has 0 saturated heterocycles. The Morgan fingerprint density at radius 2 is 2.00 bits per heavy atom. The lowest BCUT2D eigenvalue weighted by Gasteiger charge is -1.99. The fourth-order valence-corrected chi connectivity index (χ4v) is 0.824. The Balaban J connectivity index is 3.16. The minimum atomic E-state index is -4.34. The Hall–Kier alpha value is -0.160. The van der Waals surface area contributed by atoms with Crippen molar-refractivity contribution in [3.63, 3.8) is 0 Å². The Morgan fingerprint density at radius 1 is 1.36 bits per heavy atom. The minimum absolute atomic E-state index is 0.0428. The molecule has 0 aromatic carbocycles. The number of hydrogen-bond acceptors (Lipinski definition) is 3. The lowest BCUT2D eigenvalue weighted by Crippen LogP contribution is -2.07. The fraction of sp³-hybridized carbons (Fsp3) is 1.00. The first-order valence-electron chi connectivity index (χ1n) is 3.56. The van der Waals surface area contributed by atoms with Crippen LogP contribution in [0.25, 0.3) is 0 Å². The molecule has 0 aliphatic rings. The van der Waals surface area contributed by atoms with E-state index in [-0.39, 0.29) is 6.61 Å². The maximum atomic E-state index is 11.8. The van der Waals surface area contributed by atoms with Crippen LogP contribution in [-0.2, 0) is 15.0 Å². The van der Waals surface area contributed by atoms with Gasteiger partial charge in [0.2, 0.25) is 0 Å². The summed E-state index contributed by atoms with van der Waals surface area (Å²) < 4.78 is 36.5. The zero-order valence-corrected chi connectivity index (χ0v) is 7.36. The highest BCUT2D eigenvalue weighted by molar-refractivity contribution is 7.86. The first kappa shape index (κ1) is 10.8. The highest BCUT2D eigenvalue weighted by Gasteiger charge is 2.05. The zero-order chi connectivity index (χ0) is 8.74. The monoisotopic (exact) mass is 184 g/mol. The Labute approximate surface area is 66.8 Å². The maximum Gasteiger partial charge on any atom is 0.304 e. The molecule has 0 atom stereocenters. The maximum absolute atomic E-state index is 11.8. The van der Waals surface area contributed by atoms with Crippen LogP contribution in [0, 0.1) is 0 Å². The number of rotatable bonds is 6. The smallest absolute Gasteiger partial charge is 0.304 e.